The van der Waals surface area contributed by atoms with Crippen LogP contribution in [-0.2, 0) is 9.47 Å². The van der Waals surface area contributed by atoms with E-state index in [1.807, 2.05) is 25.7 Å². The maximum absolute atomic E-state index is 12.1. The Hall–Kier alpha value is -0.810. The lowest BCUT2D eigenvalue weighted by Crippen LogP contribution is -2.45. The highest BCUT2D eigenvalue weighted by Gasteiger charge is 2.42. The van der Waals surface area contributed by atoms with Crippen LogP contribution in [0.3, 0.4) is 0 Å². The standard InChI is InChI=1S/C16H28N2O3/c1-16(2,3)21-15(19)18-8-6-12(10-18)17-13-7-9-20-14(13)11-4-5-11/h11-14,17H,4-10H2,1-3H3. The Morgan fingerprint density at radius 1 is 1.24 bits per heavy atom. The van der Waals surface area contributed by atoms with Gasteiger partial charge in [-0.3, -0.25) is 0 Å². The van der Waals surface area contributed by atoms with Crippen LogP contribution >= 0.6 is 0 Å². The summed E-state index contributed by atoms with van der Waals surface area (Å²) in [6.45, 7) is 8.14. The van der Waals surface area contributed by atoms with Gasteiger partial charge in [0.15, 0.2) is 0 Å². The molecule has 3 rings (SSSR count). The van der Waals surface area contributed by atoms with Crippen molar-refractivity contribution in [3.8, 4) is 0 Å². The summed E-state index contributed by atoms with van der Waals surface area (Å²) in [4.78, 5) is 13.9. The van der Waals surface area contributed by atoms with Gasteiger partial charge in [0.25, 0.3) is 0 Å². The Balaban J connectivity index is 1.47. The highest BCUT2D eigenvalue weighted by molar-refractivity contribution is 5.68. The predicted octanol–water partition coefficient (Wildman–Crippen LogP) is 2.15. The van der Waals surface area contributed by atoms with E-state index in [9.17, 15) is 4.79 Å². The fraction of sp³-hybridized carbons (Fsp3) is 0.938. The Morgan fingerprint density at radius 2 is 2.00 bits per heavy atom. The zero-order valence-electron chi connectivity index (χ0n) is 13.4. The average molecular weight is 296 g/mol. The lowest BCUT2D eigenvalue weighted by molar-refractivity contribution is 0.0289. The smallest absolute Gasteiger partial charge is 0.410 e. The number of hydrogen-bond acceptors (Lipinski definition) is 4. The molecule has 0 aromatic carbocycles. The van der Waals surface area contributed by atoms with Crippen LogP contribution in [-0.4, -0.2) is 54.5 Å². The van der Waals surface area contributed by atoms with Crippen LogP contribution in [0.2, 0.25) is 0 Å². The van der Waals surface area contributed by atoms with Crippen LogP contribution in [0.1, 0.15) is 46.5 Å². The molecule has 0 spiro atoms. The summed E-state index contributed by atoms with van der Waals surface area (Å²) in [5.74, 6) is 0.772. The first-order valence-electron chi connectivity index (χ1n) is 8.28. The molecule has 120 valence electrons. The van der Waals surface area contributed by atoms with Crippen molar-refractivity contribution in [1.82, 2.24) is 10.2 Å². The molecular weight excluding hydrogens is 268 g/mol. The Labute approximate surface area is 127 Å². The van der Waals surface area contributed by atoms with E-state index in [0.29, 0.717) is 18.2 Å². The van der Waals surface area contributed by atoms with E-state index in [0.717, 1.165) is 38.5 Å². The van der Waals surface area contributed by atoms with E-state index in [2.05, 4.69) is 5.32 Å². The van der Waals surface area contributed by atoms with Gasteiger partial charge in [0.2, 0.25) is 0 Å². The molecule has 0 aromatic rings. The van der Waals surface area contributed by atoms with Crippen molar-refractivity contribution in [2.24, 2.45) is 5.92 Å². The highest BCUT2D eigenvalue weighted by atomic mass is 16.6. The molecule has 1 saturated carbocycles. The fourth-order valence-corrected chi connectivity index (χ4v) is 3.37. The lowest BCUT2D eigenvalue weighted by atomic mass is 10.0. The van der Waals surface area contributed by atoms with Crippen LogP contribution in [0.4, 0.5) is 4.79 Å². The summed E-state index contributed by atoms with van der Waals surface area (Å²) in [6, 6.07) is 0.853. The summed E-state index contributed by atoms with van der Waals surface area (Å²) in [5.41, 5.74) is -0.418. The lowest BCUT2D eigenvalue weighted by Gasteiger charge is -2.26. The number of nitrogens with one attached hydrogen (secondary N) is 1. The van der Waals surface area contributed by atoms with Gasteiger partial charge in [-0.15, -0.1) is 0 Å². The van der Waals surface area contributed by atoms with Gasteiger partial charge in [0.1, 0.15) is 5.60 Å². The zero-order chi connectivity index (χ0) is 15.0. The number of ether oxygens (including phenoxy) is 2. The first-order valence-corrected chi connectivity index (χ1v) is 8.28. The van der Waals surface area contributed by atoms with Gasteiger partial charge in [-0.2, -0.15) is 0 Å². The molecule has 5 nitrogen and oxygen atoms in total. The highest BCUT2D eigenvalue weighted by Crippen LogP contribution is 2.39. The van der Waals surface area contributed by atoms with E-state index in [1.165, 1.54) is 12.8 Å². The molecule has 21 heavy (non-hydrogen) atoms. The third-order valence-electron chi connectivity index (χ3n) is 4.51. The van der Waals surface area contributed by atoms with Crippen molar-refractivity contribution < 1.29 is 14.3 Å². The minimum absolute atomic E-state index is 0.187. The number of carbonyl (C=O) groups is 1. The van der Waals surface area contributed by atoms with Gasteiger partial charge < -0.3 is 19.7 Å². The molecule has 0 bridgehead atoms. The second kappa shape index (κ2) is 5.76. The minimum Gasteiger partial charge on any atom is -0.444 e. The van der Waals surface area contributed by atoms with E-state index in [4.69, 9.17) is 9.47 Å². The van der Waals surface area contributed by atoms with Gasteiger partial charge in [-0.1, -0.05) is 0 Å². The van der Waals surface area contributed by atoms with Crippen molar-refractivity contribution >= 4 is 6.09 Å². The van der Waals surface area contributed by atoms with Gasteiger partial charge in [0.05, 0.1) is 6.10 Å². The molecule has 0 radical (unpaired) electrons. The Kier molecular flexibility index (Phi) is 4.14. The Bertz CT molecular complexity index is 389. The summed E-state index contributed by atoms with van der Waals surface area (Å²) in [6.07, 6.45) is 4.96. The number of rotatable bonds is 3. The average Bonchev–Trinajstić information content (AvgIpc) is 2.94. The first kappa shape index (κ1) is 15.1. The molecular formula is C16H28N2O3. The van der Waals surface area contributed by atoms with Gasteiger partial charge >= 0.3 is 6.09 Å². The van der Waals surface area contributed by atoms with E-state index < -0.39 is 5.60 Å². The molecule has 1 N–H and O–H groups in total. The summed E-state index contributed by atoms with van der Waals surface area (Å²) >= 11 is 0. The van der Waals surface area contributed by atoms with Crippen LogP contribution in [0, 0.1) is 5.92 Å². The maximum Gasteiger partial charge on any atom is 0.410 e. The number of nitrogens with zero attached hydrogens (tertiary/aromatic N) is 1. The van der Waals surface area contributed by atoms with Gasteiger partial charge in [-0.25, -0.2) is 4.79 Å². The molecule has 2 aliphatic heterocycles. The minimum atomic E-state index is -0.418. The van der Waals surface area contributed by atoms with Gasteiger partial charge in [0, 0.05) is 31.8 Å². The molecule has 0 aromatic heterocycles. The van der Waals surface area contributed by atoms with Crippen LogP contribution < -0.4 is 5.32 Å². The van der Waals surface area contributed by atoms with Crippen molar-refractivity contribution in [2.45, 2.75) is 70.2 Å². The van der Waals surface area contributed by atoms with Crippen LogP contribution in [0.25, 0.3) is 0 Å². The third-order valence-corrected chi connectivity index (χ3v) is 4.51. The van der Waals surface area contributed by atoms with E-state index >= 15 is 0 Å². The molecule has 3 unspecified atom stereocenters. The molecule has 2 heterocycles. The number of hydrogen-bond donors (Lipinski definition) is 1. The topological polar surface area (TPSA) is 50.8 Å². The van der Waals surface area contributed by atoms with E-state index in [1.54, 1.807) is 0 Å². The molecule has 2 saturated heterocycles. The summed E-state index contributed by atoms with van der Waals surface area (Å²) < 4.78 is 11.3. The van der Waals surface area contributed by atoms with Crippen molar-refractivity contribution in [2.75, 3.05) is 19.7 Å². The maximum atomic E-state index is 12.1. The summed E-state index contributed by atoms with van der Waals surface area (Å²) in [5, 5.41) is 3.72. The van der Waals surface area contributed by atoms with Crippen molar-refractivity contribution in [3.63, 3.8) is 0 Å². The largest absolute Gasteiger partial charge is 0.444 e. The van der Waals surface area contributed by atoms with Crippen molar-refractivity contribution in [1.29, 1.82) is 0 Å². The molecule has 3 fully saturated rings. The first-order chi connectivity index (χ1) is 9.92. The predicted molar refractivity (Wildman–Crippen MR) is 80.2 cm³/mol. The molecule has 3 aliphatic rings. The van der Waals surface area contributed by atoms with Crippen LogP contribution in [0.5, 0.6) is 0 Å². The monoisotopic (exact) mass is 296 g/mol. The van der Waals surface area contributed by atoms with Crippen molar-refractivity contribution in [3.05, 3.63) is 0 Å². The quantitative estimate of drug-likeness (QED) is 0.867. The fourth-order valence-electron chi connectivity index (χ4n) is 3.37. The van der Waals surface area contributed by atoms with E-state index in [-0.39, 0.29) is 6.09 Å². The second-order valence-electron chi connectivity index (χ2n) is 7.65. The molecule has 3 atom stereocenters. The third kappa shape index (κ3) is 3.89. The zero-order valence-corrected chi connectivity index (χ0v) is 13.4. The molecule has 5 heteroatoms. The molecule has 1 amide bonds. The molecule has 1 aliphatic carbocycles. The second-order valence-corrected chi connectivity index (χ2v) is 7.65. The summed E-state index contributed by atoms with van der Waals surface area (Å²) in [7, 11) is 0. The Morgan fingerprint density at radius 3 is 2.67 bits per heavy atom. The van der Waals surface area contributed by atoms with Crippen LogP contribution in [0.15, 0.2) is 0 Å². The number of likely N-dealkylation sites (tertiary alicyclic amines) is 1. The number of amides is 1. The normalized spacial score (nSPS) is 33.5. The SMILES string of the molecule is CC(C)(C)OC(=O)N1CCC(NC2CCOC2C2CC2)C1. The number of carbonyl (C=O) groups excluding carboxylic acids is 1. The van der Waals surface area contributed by atoms with Gasteiger partial charge in [-0.05, 0) is 52.4 Å².